The maximum absolute atomic E-state index is 12.2. The number of hydrogen-bond donors (Lipinski definition) is 2. The summed E-state index contributed by atoms with van der Waals surface area (Å²) in [6.45, 7) is 0.574. The Labute approximate surface area is 127 Å². The van der Waals surface area contributed by atoms with Gasteiger partial charge in [0.25, 0.3) is 5.91 Å². The van der Waals surface area contributed by atoms with E-state index in [0.29, 0.717) is 17.1 Å². The highest BCUT2D eigenvalue weighted by Gasteiger charge is 2.10. The Kier molecular flexibility index (Phi) is 3.88. The molecule has 4 nitrogen and oxygen atoms in total. The smallest absolute Gasteiger partial charge is 0.253 e. The van der Waals surface area contributed by atoms with Crippen LogP contribution >= 0.6 is 11.6 Å². The van der Waals surface area contributed by atoms with Crippen molar-refractivity contribution in [2.45, 2.75) is 6.42 Å². The number of H-pyrrole nitrogens is 1. The van der Waals surface area contributed by atoms with Crippen LogP contribution in [0.25, 0.3) is 10.9 Å². The number of fused-ring (bicyclic) bond motifs is 1. The molecule has 0 aliphatic heterocycles. The Morgan fingerprint density at radius 2 is 2.00 bits per heavy atom. The molecule has 0 unspecified atom stereocenters. The molecular weight excluding hydrogens is 286 g/mol. The summed E-state index contributed by atoms with van der Waals surface area (Å²) in [7, 11) is 0. The van der Waals surface area contributed by atoms with Crippen LogP contribution in [-0.4, -0.2) is 22.6 Å². The van der Waals surface area contributed by atoms with Crippen LogP contribution < -0.4 is 5.32 Å². The van der Waals surface area contributed by atoms with Crippen molar-refractivity contribution in [1.82, 2.24) is 15.5 Å². The third-order valence-electron chi connectivity index (χ3n) is 3.33. The van der Waals surface area contributed by atoms with Crippen molar-refractivity contribution in [2.75, 3.05) is 6.54 Å². The highest BCUT2D eigenvalue weighted by Crippen LogP contribution is 2.15. The van der Waals surface area contributed by atoms with Crippen molar-refractivity contribution in [2.24, 2.45) is 0 Å². The summed E-state index contributed by atoms with van der Waals surface area (Å²) in [4.78, 5) is 12.2. The van der Waals surface area contributed by atoms with Crippen LogP contribution in [0.2, 0.25) is 5.02 Å². The van der Waals surface area contributed by atoms with Crippen LogP contribution in [-0.2, 0) is 6.42 Å². The molecule has 21 heavy (non-hydrogen) atoms. The average molecular weight is 300 g/mol. The van der Waals surface area contributed by atoms with Gasteiger partial charge in [-0.25, -0.2) is 0 Å². The lowest BCUT2D eigenvalue weighted by molar-refractivity contribution is 0.0955. The summed E-state index contributed by atoms with van der Waals surface area (Å²) >= 11 is 5.84. The monoisotopic (exact) mass is 299 g/mol. The van der Waals surface area contributed by atoms with E-state index < -0.39 is 0 Å². The van der Waals surface area contributed by atoms with Crippen LogP contribution in [0.5, 0.6) is 0 Å². The van der Waals surface area contributed by atoms with E-state index >= 15 is 0 Å². The second-order valence-corrected chi connectivity index (χ2v) is 5.21. The first-order valence-corrected chi connectivity index (χ1v) is 7.06. The molecule has 0 fully saturated rings. The Morgan fingerprint density at radius 1 is 1.19 bits per heavy atom. The zero-order valence-corrected chi connectivity index (χ0v) is 12.0. The number of hydrogen-bond acceptors (Lipinski definition) is 2. The molecule has 1 amide bonds. The van der Waals surface area contributed by atoms with Crippen molar-refractivity contribution in [1.29, 1.82) is 0 Å². The predicted octanol–water partition coefficient (Wildman–Crippen LogP) is 3.19. The number of aromatic amines is 1. The van der Waals surface area contributed by atoms with Crippen LogP contribution in [0.3, 0.4) is 0 Å². The minimum atomic E-state index is -0.0983. The lowest BCUT2D eigenvalue weighted by atomic mass is 10.1. The fourth-order valence-electron chi connectivity index (χ4n) is 2.22. The second kappa shape index (κ2) is 5.97. The normalized spacial score (nSPS) is 10.7. The molecule has 1 aromatic heterocycles. The van der Waals surface area contributed by atoms with Crippen LogP contribution in [0.4, 0.5) is 0 Å². The summed E-state index contributed by atoms with van der Waals surface area (Å²) in [5.74, 6) is -0.0983. The number of para-hydroxylation sites is 1. The van der Waals surface area contributed by atoms with Gasteiger partial charge >= 0.3 is 0 Å². The first-order chi connectivity index (χ1) is 10.2. The third kappa shape index (κ3) is 3.06. The van der Waals surface area contributed by atoms with Gasteiger partial charge in [-0.15, -0.1) is 0 Å². The zero-order valence-electron chi connectivity index (χ0n) is 11.3. The maximum atomic E-state index is 12.2. The summed E-state index contributed by atoms with van der Waals surface area (Å²) in [5, 5.41) is 11.4. The van der Waals surface area contributed by atoms with Gasteiger partial charge < -0.3 is 5.32 Å². The molecule has 0 spiro atoms. The predicted molar refractivity (Wildman–Crippen MR) is 83.6 cm³/mol. The van der Waals surface area contributed by atoms with Gasteiger partial charge in [0.15, 0.2) is 0 Å². The van der Waals surface area contributed by atoms with Crippen molar-refractivity contribution in [3.8, 4) is 0 Å². The molecule has 2 aromatic carbocycles. The van der Waals surface area contributed by atoms with Gasteiger partial charge in [0.1, 0.15) is 0 Å². The number of nitrogens with zero attached hydrogens (tertiary/aromatic N) is 1. The molecule has 106 valence electrons. The summed E-state index contributed by atoms with van der Waals surface area (Å²) in [5.41, 5.74) is 2.52. The summed E-state index contributed by atoms with van der Waals surface area (Å²) in [6, 6.07) is 13.2. The number of aromatic nitrogens is 2. The van der Waals surface area contributed by atoms with Crippen LogP contribution in [0, 0.1) is 0 Å². The van der Waals surface area contributed by atoms with Crippen molar-refractivity contribution in [3.63, 3.8) is 0 Å². The first-order valence-electron chi connectivity index (χ1n) is 6.69. The zero-order chi connectivity index (χ0) is 14.7. The van der Waals surface area contributed by atoms with E-state index in [-0.39, 0.29) is 5.91 Å². The van der Waals surface area contributed by atoms with E-state index in [1.165, 1.54) is 0 Å². The van der Waals surface area contributed by atoms with Gasteiger partial charge in [0.2, 0.25) is 0 Å². The number of carbonyl (C=O) groups is 1. The average Bonchev–Trinajstić information content (AvgIpc) is 2.97. The minimum absolute atomic E-state index is 0.0983. The minimum Gasteiger partial charge on any atom is -0.352 e. The van der Waals surface area contributed by atoms with Crippen molar-refractivity contribution >= 4 is 28.4 Å². The van der Waals surface area contributed by atoms with Crippen LogP contribution in [0.1, 0.15) is 15.9 Å². The molecule has 0 saturated carbocycles. The molecule has 3 rings (SSSR count). The quantitative estimate of drug-likeness (QED) is 0.777. The van der Waals surface area contributed by atoms with E-state index in [0.717, 1.165) is 22.9 Å². The van der Waals surface area contributed by atoms with Crippen molar-refractivity contribution in [3.05, 3.63) is 64.8 Å². The fourth-order valence-corrected chi connectivity index (χ4v) is 2.35. The summed E-state index contributed by atoms with van der Waals surface area (Å²) < 4.78 is 0. The number of halogens is 1. The SMILES string of the molecule is O=C(NCCc1ccc(Cl)cc1)c1cccc2cn[nH]c12. The Morgan fingerprint density at radius 3 is 2.81 bits per heavy atom. The van der Waals surface area contributed by atoms with E-state index in [9.17, 15) is 4.79 Å². The molecular formula is C16H14ClN3O. The summed E-state index contributed by atoms with van der Waals surface area (Å²) in [6.07, 6.45) is 2.47. The van der Waals surface area contributed by atoms with Gasteiger partial charge in [-0.05, 0) is 30.2 Å². The molecule has 0 radical (unpaired) electrons. The van der Waals surface area contributed by atoms with E-state index in [1.54, 1.807) is 12.3 Å². The molecule has 3 aromatic rings. The lowest BCUT2D eigenvalue weighted by Crippen LogP contribution is -2.25. The Bertz CT molecular complexity index is 765. The van der Waals surface area contributed by atoms with Gasteiger partial charge in [-0.2, -0.15) is 5.10 Å². The number of amides is 1. The number of benzene rings is 2. The molecule has 0 saturated heterocycles. The van der Waals surface area contributed by atoms with Crippen molar-refractivity contribution < 1.29 is 4.79 Å². The Hall–Kier alpha value is -2.33. The fraction of sp³-hybridized carbons (Fsp3) is 0.125. The van der Waals surface area contributed by atoms with Gasteiger partial charge in [-0.3, -0.25) is 9.89 Å². The molecule has 0 atom stereocenters. The van der Waals surface area contributed by atoms with E-state index in [4.69, 9.17) is 11.6 Å². The lowest BCUT2D eigenvalue weighted by Gasteiger charge is -2.06. The van der Waals surface area contributed by atoms with Gasteiger partial charge in [0, 0.05) is 17.0 Å². The number of carbonyl (C=O) groups excluding carboxylic acids is 1. The molecule has 0 aliphatic carbocycles. The largest absolute Gasteiger partial charge is 0.352 e. The first kappa shape index (κ1) is 13.6. The van der Waals surface area contributed by atoms with Crippen LogP contribution in [0.15, 0.2) is 48.7 Å². The molecule has 0 bridgehead atoms. The molecule has 0 aliphatic rings. The molecule has 5 heteroatoms. The van der Waals surface area contributed by atoms with E-state index in [2.05, 4.69) is 15.5 Å². The standard InChI is InChI=1S/C16H14ClN3O/c17-13-6-4-11(5-7-13)8-9-18-16(21)14-3-1-2-12-10-19-20-15(12)14/h1-7,10H,8-9H2,(H,18,21)(H,19,20). The molecule has 1 heterocycles. The number of rotatable bonds is 4. The topological polar surface area (TPSA) is 57.8 Å². The highest BCUT2D eigenvalue weighted by molar-refractivity contribution is 6.30. The third-order valence-corrected chi connectivity index (χ3v) is 3.59. The number of nitrogens with one attached hydrogen (secondary N) is 2. The van der Waals surface area contributed by atoms with E-state index in [1.807, 2.05) is 36.4 Å². The van der Waals surface area contributed by atoms with Gasteiger partial charge in [0.05, 0.1) is 17.3 Å². The second-order valence-electron chi connectivity index (χ2n) is 4.77. The Balaban J connectivity index is 1.64. The highest BCUT2D eigenvalue weighted by atomic mass is 35.5. The van der Waals surface area contributed by atoms with Gasteiger partial charge in [-0.1, -0.05) is 35.9 Å². The maximum Gasteiger partial charge on any atom is 0.253 e. The molecule has 2 N–H and O–H groups in total.